The Bertz CT molecular complexity index is 342. The van der Waals surface area contributed by atoms with Gasteiger partial charge in [-0.15, -0.1) is 11.3 Å². The molecule has 1 aliphatic rings. The number of hydrogen-bond donors (Lipinski definition) is 1. The van der Waals surface area contributed by atoms with Gasteiger partial charge in [0, 0.05) is 10.3 Å². The minimum Gasteiger partial charge on any atom is -0.465 e. The van der Waals surface area contributed by atoms with Crippen molar-refractivity contribution in [1.82, 2.24) is 5.32 Å². The molecule has 0 amide bonds. The molecular weight excluding hydrogens is 210 g/mol. The highest BCUT2D eigenvalue weighted by Gasteiger charge is 2.16. The van der Waals surface area contributed by atoms with E-state index < -0.39 is 0 Å². The van der Waals surface area contributed by atoms with Gasteiger partial charge >= 0.3 is 5.97 Å². The molecule has 0 aromatic carbocycles. The lowest BCUT2D eigenvalue weighted by atomic mass is 10.0. The second kappa shape index (κ2) is 4.77. The van der Waals surface area contributed by atoms with Gasteiger partial charge in [-0.3, -0.25) is 0 Å². The number of nitrogens with one attached hydrogen (secondary N) is 1. The molecule has 3 nitrogen and oxygen atoms in total. The Morgan fingerprint density at radius 3 is 3.27 bits per heavy atom. The molecule has 1 saturated heterocycles. The van der Waals surface area contributed by atoms with E-state index in [9.17, 15) is 4.79 Å². The van der Waals surface area contributed by atoms with Gasteiger partial charge in [0.1, 0.15) is 0 Å². The SMILES string of the molecule is COC(=O)c1csc(CC2CCNC2)c1. The standard InChI is InChI=1S/C11H15NO2S/c1-14-11(13)9-5-10(15-7-9)4-8-2-3-12-6-8/h5,7-8,12H,2-4,6H2,1H3. The molecule has 0 aliphatic carbocycles. The van der Waals surface area contributed by atoms with Crippen LogP contribution in [0.1, 0.15) is 21.7 Å². The van der Waals surface area contributed by atoms with Crippen molar-refractivity contribution in [2.75, 3.05) is 20.2 Å². The predicted octanol–water partition coefficient (Wildman–Crippen LogP) is 1.69. The maximum atomic E-state index is 11.2. The van der Waals surface area contributed by atoms with E-state index in [4.69, 9.17) is 0 Å². The van der Waals surface area contributed by atoms with Crippen molar-refractivity contribution in [2.24, 2.45) is 5.92 Å². The monoisotopic (exact) mass is 225 g/mol. The maximum Gasteiger partial charge on any atom is 0.338 e. The zero-order valence-electron chi connectivity index (χ0n) is 8.79. The van der Waals surface area contributed by atoms with Crippen LogP contribution in [0.3, 0.4) is 0 Å². The number of carbonyl (C=O) groups excluding carboxylic acids is 1. The van der Waals surface area contributed by atoms with E-state index in [0.717, 1.165) is 25.4 Å². The van der Waals surface area contributed by atoms with Gasteiger partial charge in [-0.25, -0.2) is 4.79 Å². The average Bonchev–Trinajstić information content (AvgIpc) is 2.88. The van der Waals surface area contributed by atoms with Gasteiger partial charge in [0.05, 0.1) is 12.7 Å². The lowest BCUT2D eigenvalue weighted by Crippen LogP contribution is -2.10. The van der Waals surface area contributed by atoms with E-state index in [0.29, 0.717) is 5.56 Å². The van der Waals surface area contributed by atoms with E-state index in [1.807, 2.05) is 11.4 Å². The normalized spacial score (nSPS) is 20.5. The average molecular weight is 225 g/mol. The Kier molecular flexibility index (Phi) is 3.38. The van der Waals surface area contributed by atoms with Gasteiger partial charge in [-0.1, -0.05) is 0 Å². The van der Waals surface area contributed by atoms with Crippen molar-refractivity contribution in [3.05, 3.63) is 21.9 Å². The molecule has 82 valence electrons. The highest BCUT2D eigenvalue weighted by atomic mass is 32.1. The van der Waals surface area contributed by atoms with Crippen LogP contribution in [0.15, 0.2) is 11.4 Å². The molecule has 0 spiro atoms. The molecule has 1 N–H and O–H groups in total. The van der Waals surface area contributed by atoms with Gasteiger partial charge in [0.2, 0.25) is 0 Å². The summed E-state index contributed by atoms with van der Waals surface area (Å²) in [7, 11) is 1.42. The third-order valence-electron chi connectivity index (χ3n) is 2.73. The first-order valence-electron chi connectivity index (χ1n) is 5.16. The summed E-state index contributed by atoms with van der Waals surface area (Å²) in [5.41, 5.74) is 0.684. The van der Waals surface area contributed by atoms with Crippen LogP contribution in [-0.2, 0) is 11.2 Å². The lowest BCUT2D eigenvalue weighted by Gasteiger charge is -2.04. The lowest BCUT2D eigenvalue weighted by molar-refractivity contribution is 0.0601. The summed E-state index contributed by atoms with van der Waals surface area (Å²) < 4.78 is 4.67. The number of ether oxygens (including phenoxy) is 1. The van der Waals surface area contributed by atoms with Gasteiger partial charge in [-0.05, 0) is 37.9 Å². The van der Waals surface area contributed by atoms with Crippen molar-refractivity contribution >= 4 is 17.3 Å². The van der Waals surface area contributed by atoms with Crippen molar-refractivity contribution in [3.63, 3.8) is 0 Å². The molecule has 2 rings (SSSR count). The molecule has 1 unspecified atom stereocenters. The van der Waals surface area contributed by atoms with Crippen LogP contribution in [0.4, 0.5) is 0 Å². The van der Waals surface area contributed by atoms with Crippen LogP contribution in [0.25, 0.3) is 0 Å². The first kappa shape index (κ1) is 10.6. The number of hydrogen-bond acceptors (Lipinski definition) is 4. The predicted molar refractivity (Wildman–Crippen MR) is 60.3 cm³/mol. The topological polar surface area (TPSA) is 38.3 Å². The van der Waals surface area contributed by atoms with Crippen LogP contribution in [-0.4, -0.2) is 26.2 Å². The Balaban J connectivity index is 1.97. The summed E-state index contributed by atoms with van der Waals surface area (Å²) in [4.78, 5) is 12.5. The van der Waals surface area contributed by atoms with Crippen LogP contribution in [0.5, 0.6) is 0 Å². The van der Waals surface area contributed by atoms with E-state index >= 15 is 0 Å². The summed E-state index contributed by atoms with van der Waals surface area (Å²) in [6, 6.07) is 1.95. The first-order valence-corrected chi connectivity index (χ1v) is 6.04. The van der Waals surface area contributed by atoms with Gasteiger partial charge in [0.15, 0.2) is 0 Å². The Morgan fingerprint density at radius 2 is 2.60 bits per heavy atom. The highest BCUT2D eigenvalue weighted by molar-refractivity contribution is 7.10. The van der Waals surface area contributed by atoms with E-state index in [2.05, 4.69) is 10.1 Å². The molecule has 2 heterocycles. The fourth-order valence-corrected chi connectivity index (χ4v) is 2.86. The number of carbonyl (C=O) groups is 1. The molecule has 1 aromatic heterocycles. The first-order chi connectivity index (χ1) is 7.29. The largest absolute Gasteiger partial charge is 0.465 e. The van der Waals surface area contributed by atoms with Crippen LogP contribution in [0.2, 0.25) is 0 Å². The second-order valence-electron chi connectivity index (χ2n) is 3.86. The summed E-state index contributed by atoms with van der Waals surface area (Å²) >= 11 is 1.65. The molecule has 1 aromatic rings. The fourth-order valence-electron chi connectivity index (χ4n) is 1.89. The summed E-state index contributed by atoms with van der Waals surface area (Å²) in [5.74, 6) is 0.496. The van der Waals surface area contributed by atoms with Gasteiger partial charge < -0.3 is 10.1 Å². The fraction of sp³-hybridized carbons (Fsp3) is 0.545. The number of rotatable bonds is 3. The van der Waals surface area contributed by atoms with Crippen molar-refractivity contribution in [3.8, 4) is 0 Å². The Labute approximate surface area is 93.4 Å². The Morgan fingerprint density at radius 1 is 1.73 bits per heavy atom. The zero-order valence-corrected chi connectivity index (χ0v) is 9.60. The molecule has 1 atom stereocenters. The smallest absolute Gasteiger partial charge is 0.338 e. The highest BCUT2D eigenvalue weighted by Crippen LogP contribution is 2.21. The number of methoxy groups -OCH3 is 1. The molecule has 1 aliphatic heterocycles. The second-order valence-corrected chi connectivity index (χ2v) is 4.85. The minimum absolute atomic E-state index is 0.234. The summed E-state index contributed by atoms with van der Waals surface area (Å²) in [6.07, 6.45) is 2.32. The van der Waals surface area contributed by atoms with E-state index in [-0.39, 0.29) is 5.97 Å². The molecular formula is C11H15NO2S. The maximum absolute atomic E-state index is 11.2. The third-order valence-corrected chi connectivity index (χ3v) is 3.69. The van der Waals surface area contributed by atoms with E-state index in [1.54, 1.807) is 11.3 Å². The van der Waals surface area contributed by atoms with Crippen LogP contribution >= 0.6 is 11.3 Å². The molecule has 4 heteroatoms. The van der Waals surface area contributed by atoms with E-state index in [1.165, 1.54) is 18.4 Å². The number of esters is 1. The Hall–Kier alpha value is -0.870. The van der Waals surface area contributed by atoms with Gasteiger partial charge in [-0.2, -0.15) is 0 Å². The number of thiophene rings is 1. The third kappa shape index (κ3) is 2.58. The summed E-state index contributed by atoms with van der Waals surface area (Å²) in [5, 5.41) is 5.22. The zero-order chi connectivity index (χ0) is 10.7. The quantitative estimate of drug-likeness (QED) is 0.795. The van der Waals surface area contributed by atoms with Crippen molar-refractivity contribution in [1.29, 1.82) is 0 Å². The molecule has 0 bridgehead atoms. The van der Waals surface area contributed by atoms with Crippen molar-refractivity contribution < 1.29 is 9.53 Å². The van der Waals surface area contributed by atoms with Gasteiger partial charge in [0.25, 0.3) is 0 Å². The van der Waals surface area contributed by atoms with Crippen LogP contribution in [0, 0.1) is 5.92 Å². The minimum atomic E-state index is -0.234. The van der Waals surface area contributed by atoms with Crippen LogP contribution < -0.4 is 5.32 Å². The molecule has 1 fully saturated rings. The molecule has 0 radical (unpaired) electrons. The molecule has 0 saturated carbocycles. The van der Waals surface area contributed by atoms with Crippen molar-refractivity contribution in [2.45, 2.75) is 12.8 Å². The summed E-state index contributed by atoms with van der Waals surface area (Å²) in [6.45, 7) is 2.23. The molecule has 15 heavy (non-hydrogen) atoms.